The number of H-pyrrole nitrogens is 2. The van der Waals surface area contributed by atoms with Gasteiger partial charge in [0, 0.05) is 55.4 Å². The minimum atomic E-state index is -0.709. The van der Waals surface area contributed by atoms with Crippen molar-refractivity contribution in [3.63, 3.8) is 0 Å². The number of rotatable bonds is 2. The first kappa shape index (κ1) is 84.3. The molecule has 12 bridgehead atoms. The first-order valence-corrected chi connectivity index (χ1v) is 44.0. The molecule has 20 heteroatoms. The number of aromatic nitrogens is 4. The Morgan fingerprint density at radius 3 is 0.742 bits per heavy atom. The van der Waals surface area contributed by atoms with Gasteiger partial charge in [-0.15, -0.1) is 0 Å². The summed E-state index contributed by atoms with van der Waals surface area (Å²) in [4.78, 5) is 136. The maximum Gasteiger partial charge on any atom is 0.309 e. The summed E-state index contributed by atoms with van der Waals surface area (Å²) in [5.74, 6) is -8.76. The molecule has 17 rings (SSSR count). The van der Waals surface area contributed by atoms with Crippen LogP contribution in [-0.4, -0.2) is 93.9 Å². The van der Waals surface area contributed by atoms with E-state index in [1.807, 2.05) is 48.6 Å². The number of anilines is 4. The summed E-state index contributed by atoms with van der Waals surface area (Å²) in [6.45, 7) is 27.3. The molecule has 0 spiro atoms. The van der Waals surface area contributed by atoms with E-state index >= 15 is 19.2 Å². The van der Waals surface area contributed by atoms with Gasteiger partial charge in [0.25, 0.3) is 0 Å². The molecule has 4 amide bonds. The molecule has 6 N–H and O–H groups in total. The Morgan fingerprint density at radius 2 is 0.500 bits per heavy atom. The van der Waals surface area contributed by atoms with Crippen LogP contribution in [0.5, 0.6) is 0 Å². The lowest BCUT2D eigenvalue weighted by atomic mass is 9.78. The molecular weight excluding hydrogens is 1510 g/mol. The van der Waals surface area contributed by atoms with Crippen molar-refractivity contribution in [3.8, 4) is 44.5 Å². The Morgan fingerprint density at radius 1 is 0.275 bits per heavy atom. The van der Waals surface area contributed by atoms with Gasteiger partial charge < -0.3 is 50.2 Å². The molecule has 10 aliphatic rings. The Balaban J connectivity index is 1.03. The molecule has 0 saturated heterocycles. The summed E-state index contributed by atoms with van der Waals surface area (Å²) in [5, 5.41) is 13.2. The second-order valence-electron chi connectivity index (χ2n) is 38.6. The van der Waals surface area contributed by atoms with E-state index < -0.39 is 94.8 Å². The molecule has 4 fully saturated rings. The number of nitrogens with one attached hydrogen (secondary N) is 6. The van der Waals surface area contributed by atoms with Crippen LogP contribution in [0.2, 0.25) is 0 Å². The van der Waals surface area contributed by atoms with Crippen molar-refractivity contribution >= 4 is 117 Å². The maximum absolute atomic E-state index is 15.2. The molecular formula is C100H118N8O12. The number of carbonyl (C=O) groups is 8. The zero-order valence-corrected chi connectivity index (χ0v) is 71.9. The van der Waals surface area contributed by atoms with Crippen LogP contribution in [0.3, 0.4) is 0 Å². The second-order valence-corrected chi connectivity index (χ2v) is 38.6. The van der Waals surface area contributed by atoms with Crippen molar-refractivity contribution in [2.24, 2.45) is 47.3 Å². The van der Waals surface area contributed by atoms with Crippen LogP contribution in [0.15, 0.2) is 97.1 Å². The molecule has 120 heavy (non-hydrogen) atoms. The van der Waals surface area contributed by atoms with E-state index in [4.69, 9.17) is 28.9 Å². The van der Waals surface area contributed by atoms with E-state index in [0.29, 0.717) is 127 Å². The predicted octanol–water partition coefficient (Wildman–Crippen LogP) is 21.3. The highest BCUT2D eigenvalue weighted by atomic mass is 16.5. The minimum absolute atomic E-state index is 0.233. The molecule has 6 aliphatic heterocycles. The number of ether oxygens (including phenoxy) is 4. The Hall–Kier alpha value is -10.8. The topological polar surface area (TPSA) is 279 Å². The molecule has 4 aliphatic carbocycles. The van der Waals surface area contributed by atoms with Crippen LogP contribution in [0.4, 0.5) is 22.7 Å². The fourth-order valence-corrected chi connectivity index (χ4v) is 17.2. The normalized spacial score (nSPS) is 23.0. The fraction of sp³-hybridized carbons (Fsp3) is 0.480. The molecule has 7 aromatic rings. The molecule has 20 nitrogen and oxygen atoms in total. The molecule has 630 valence electrons. The van der Waals surface area contributed by atoms with E-state index in [2.05, 4.69) is 151 Å². The van der Waals surface area contributed by atoms with Crippen molar-refractivity contribution < 1.29 is 57.3 Å². The molecule has 8 atom stereocenters. The van der Waals surface area contributed by atoms with Crippen LogP contribution in [0, 0.1) is 47.3 Å². The van der Waals surface area contributed by atoms with E-state index in [0.717, 1.165) is 110 Å². The van der Waals surface area contributed by atoms with Gasteiger partial charge in [0.1, 0.15) is 0 Å². The smallest absolute Gasteiger partial charge is 0.309 e. The van der Waals surface area contributed by atoms with Crippen LogP contribution in [-0.2, 0) is 79.0 Å². The number of hydrogen-bond acceptors (Lipinski definition) is 14. The average molecular weight is 1620 g/mol. The van der Waals surface area contributed by atoms with Crippen LogP contribution < -0.4 is 21.3 Å². The second kappa shape index (κ2) is 34.8. The van der Waals surface area contributed by atoms with Gasteiger partial charge in [-0.2, -0.15) is 0 Å². The Labute approximate surface area is 704 Å². The summed E-state index contributed by atoms with van der Waals surface area (Å²) in [7, 11) is 0. The highest BCUT2D eigenvalue weighted by molar-refractivity contribution is 6.13. The third-order valence-corrected chi connectivity index (χ3v) is 25.1. The van der Waals surface area contributed by atoms with Crippen molar-refractivity contribution in [3.05, 3.63) is 142 Å². The lowest BCUT2D eigenvalue weighted by Crippen LogP contribution is -2.21. The summed E-state index contributed by atoms with van der Waals surface area (Å²) in [6, 6.07) is 32.2. The first-order chi connectivity index (χ1) is 57.3. The highest BCUT2D eigenvalue weighted by Crippen LogP contribution is 2.51. The molecule has 4 saturated carbocycles. The van der Waals surface area contributed by atoms with Gasteiger partial charge in [-0.1, -0.05) is 209 Å². The number of nitrogens with zero attached hydrogens (tertiary/aromatic N) is 2. The van der Waals surface area contributed by atoms with Crippen LogP contribution in [0.25, 0.3) is 90.9 Å². The van der Waals surface area contributed by atoms with Gasteiger partial charge in [0.15, 0.2) is 0 Å². The SMILES string of the molecule is CC(C)(C)c1cc(-c2c3nc(c4c5ccc([nH]5)c(-c5cc(C(C)(C)C)cc(C(C)(C)C)c5)c5nc(c(c6ccc2[nH]6)-c2c6cccc2NC(=O)[C@H]2C[C@@H]2C(=O)OCCCCCCCCCCOC(=O)[C@@H]2CC2C(=O)Nc2cccc(c2-4)NC(=O)[C@@H]2C[C@@H]2C(=O)OCCCCCCCCCCOC(=O)[C@H]2CC2C(=O)N6)C=C5)C=C3)cc(C(C)(C)C)c1. The summed E-state index contributed by atoms with van der Waals surface area (Å²) in [6.07, 6.45) is 23.0. The van der Waals surface area contributed by atoms with Crippen molar-refractivity contribution in [2.75, 3.05) is 47.7 Å². The fourth-order valence-electron chi connectivity index (χ4n) is 17.2. The van der Waals surface area contributed by atoms with E-state index in [1.165, 1.54) is 0 Å². The number of carbonyl (C=O) groups excluding carboxylic acids is 8. The zero-order valence-electron chi connectivity index (χ0n) is 71.9. The minimum Gasteiger partial charge on any atom is -0.465 e. The first-order valence-electron chi connectivity index (χ1n) is 44.0. The Kier molecular flexibility index (Phi) is 24.4. The third-order valence-electron chi connectivity index (χ3n) is 25.1. The van der Waals surface area contributed by atoms with Gasteiger partial charge in [0.2, 0.25) is 23.6 Å². The maximum atomic E-state index is 15.2. The number of amides is 4. The van der Waals surface area contributed by atoms with Gasteiger partial charge in [-0.3, -0.25) is 38.4 Å². The molecule has 2 unspecified atom stereocenters. The third kappa shape index (κ3) is 19.2. The van der Waals surface area contributed by atoms with Crippen LogP contribution >= 0.6 is 0 Å². The molecule has 0 radical (unpaired) electrons. The van der Waals surface area contributed by atoms with Gasteiger partial charge in [-0.05, 0) is 179 Å². The van der Waals surface area contributed by atoms with E-state index in [1.54, 1.807) is 36.4 Å². The van der Waals surface area contributed by atoms with E-state index in [-0.39, 0.29) is 73.8 Å². The van der Waals surface area contributed by atoms with Gasteiger partial charge in [-0.25, -0.2) is 9.97 Å². The van der Waals surface area contributed by atoms with Crippen molar-refractivity contribution in [1.29, 1.82) is 0 Å². The number of esters is 4. The van der Waals surface area contributed by atoms with Gasteiger partial charge >= 0.3 is 23.9 Å². The van der Waals surface area contributed by atoms with E-state index in [9.17, 15) is 19.2 Å². The molecule has 9 heterocycles. The monoisotopic (exact) mass is 1620 g/mol. The quantitative estimate of drug-likeness (QED) is 0.0694. The largest absolute Gasteiger partial charge is 0.465 e. The van der Waals surface area contributed by atoms with Crippen molar-refractivity contribution in [2.45, 2.75) is 233 Å². The van der Waals surface area contributed by atoms with Gasteiger partial charge in [0.05, 0.1) is 119 Å². The zero-order chi connectivity index (χ0) is 84.7. The number of benzene rings is 4. The summed E-state index contributed by atoms with van der Waals surface area (Å²) >= 11 is 0. The standard InChI is InChI=1S/C100H118N8O12/c1-97(2,3)59-47-57(48-60(51-59)98(4,5)6)83-75-35-39-79(101-75)87-81-41-37-77(103-81)84(58-49-61(99(7,8)9)52-62(50-58)100(10,11)12)78-38-42-82(104-78)88(80-40-36-76(83)102-80)86-72-32-30-34-74(86)108-92(112)66-56-70(66)96(116)120-46-28-24-20-16-15-19-23-27-45-119-95(115)69-55-65(69)91(111)107-73-33-29-31-71(85(73)87)105-89(109)63-53-67(63)93(113)117-43-25-21-17-13-14-18-22-26-44-118-94(114)68-54-64(68)90(110)106-72/h29-42,47-52,63-70,101,104H,13-28,43-46,53-56H2,1-12H3,(H,105,109)(H,106,110)(H,107,111)(H,108,112)/t63-,64?,65?,66+,67-,68+,69-,70-/m0/s1. The van der Waals surface area contributed by atoms with Crippen molar-refractivity contribution in [1.82, 2.24) is 19.9 Å². The number of fused-ring (bicyclic) bond motifs is 30. The number of aromatic amines is 2. The lowest BCUT2D eigenvalue weighted by Gasteiger charge is -2.26. The summed E-state index contributed by atoms with van der Waals surface area (Å²) < 4.78 is 23.5. The molecule has 4 aromatic carbocycles. The highest BCUT2D eigenvalue weighted by Gasteiger charge is 2.53. The Bertz CT molecular complexity index is 4900. The lowest BCUT2D eigenvalue weighted by molar-refractivity contribution is -0.147. The summed E-state index contributed by atoms with van der Waals surface area (Å²) in [5.41, 5.74) is 13.4. The predicted molar refractivity (Wildman–Crippen MR) is 474 cm³/mol. The number of hydrogen-bond donors (Lipinski definition) is 6. The molecule has 3 aromatic heterocycles. The van der Waals surface area contributed by atoms with Crippen LogP contribution in [0.1, 0.15) is 257 Å². The average Bonchev–Trinajstić information content (AvgIpc) is 1.61.